The second-order valence-electron chi connectivity index (χ2n) is 9.07. The lowest BCUT2D eigenvalue weighted by Crippen LogP contribution is -3.17. The van der Waals surface area contributed by atoms with Crippen LogP contribution in [0.2, 0.25) is 0 Å². The highest BCUT2D eigenvalue weighted by atomic mass is 16.7. The number of quaternary nitrogens is 1. The molecule has 2 saturated heterocycles. The molecule has 4 aliphatic heterocycles. The van der Waals surface area contributed by atoms with Crippen molar-refractivity contribution in [2.75, 3.05) is 32.6 Å². The first-order valence-electron chi connectivity index (χ1n) is 10.3. The van der Waals surface area contributed by atoms with E-state index >= 15 is 0 Å². The molecule has 0 radical (unpaired) electrons. The zero-order valence-corrected chi connectivity index (χ0v) is 16.6. The van der Waals surface area contributed by atoms with E-state index in [1.165, 1.54) is 12.7 Å². The number of rotatable bonds is 3. The predicted octanol–water partition coefficient (Wildman–Crippen LogP) is 1.02. The number of fused-ring (bicyclic) bond motifs is 1. The average Bonchev–Trinajstić information content (AvgIpc) is 3.07. The Labute approximate surface area is 164 Å². The molecule has 0 bridgehead atoms. The van der Waals surface area contributed by atoms with Crippen molar-refractivity contribution < 1.29 is 23.9 Å². The van der Waals surface area contributed by atoms with Crippen molar-refractivity contribution in [1.82, 2.24) is 0 Å². The van der Waals surface area contributed by atoms with Crippen molar-refractivity contribution in [3.8, 4) is 5.75 Å². The average molecular weight is 383 g/mol. The van der Waals surface area contributed by atoms with Gasteiger partial charge in [0.15, 0.2) is 5.72 Å². The lowest BCUT2D eigenvalue weighted by atomic mass is 9.51. The number of carbonyl (C=O) groups excluding carboxylic acids is 1. The van der Waals surface area contributed by atoms with Crippen LogP contribution >= 0.6 is 0 Å². The minimum atomic E-state index is -0.933. The highest BCUT2D eigenvalue weighted by molar-refractivity contribution is 5.90. The Morgan fingerprint density at radius 2 is 2.25 bits per heavy atom. The van der Waals surface area contributed by atoms with Crippen molar-refractivity contribution in [2.45, 2.75) is 49.0 Å². The normalized spacial score (nSPS) is 46.0. The summed E-state index contributed by atoms with van der Waals surface area (Å²) in [6, 6.07) is 6.66. The maximum absolute atomic E-state index is 13.1. The third kappa shape index (κ3) is 1.49. The third-order valence-electron chi connectivity index (χ3n) is 8.40. The molecule has 148 valence electrons. The van der Waals surface area contributed by atoms with Crippen LogP contribution in [0, 0.1) is 5.41 Å². The molecule has 6 nitrogen and oxygen atoms in total. The molecule has 4 heterocycles. The predicted molar refractivity (Wildman–Crippen MR) is 102 cm³/mol. The van der Waals surface area contributed by atoms with Gasteiger partial charge in [-0.2, -0.15) is 0 Å². The molecule has 1 aromatic carbocycles. The van der Waals surface area contributed by atoms with Gasteiger partial charge in [0.25, 0.3) is 0 Å². The highest BCUT2D eigenvalue weighted by Gasteiger charge is 2.94. The topological polar surface area (TPSA) is 64.5 Å². The van der Waals surface area contributed by atoms with Gasteiger partial charge in [-0.3, -0.25) is 0 Å². The Balaban J connectivity index is 1.64. The number of hydrogen-bond donors (Lipinski definition) is 2. The summed E-state index contributed by atoms with van der Waals surface area (Å²) in [4.78, 5) is 14.7. The number of methoxy groups -OCH3 is 2. The van der Waals surface area contributed by atoms with Crippen molar-refractivity contribution in [2.24, 2.45) is 5.41 Å². The third-order valence-corrected chi connectivity index (χ3v) is 8.40. The fraction of sp³-hybridized carbons (Fsp3) is 0.591. The monoisotopic (exact) mass is 383 g/mol. The summed E-state index contributed by atoms with van der Waals surface area (Å²) in [6.07, 6.45) is 7.36. The van der Waals surface area contributed by atoms with E-state index in [1.54, 1.807) is 12.0 Å². The summed E-state index contributed by atoms with van der Waals surface area (Å²) in [6.45, 7) is 4.38. The van der Waals surface area contributed by atoms with E-state index in [-0.39, 0.29) is 16.8 Å². The molecule has 2 spiro atoms. The number of benzene rings is 1. The van der Waals surface area contributed by atoms with Gasteiger partial charge in [0.1, 0.15) is 17.2 Å². The van der Waals surface area contributed by atoms with E-state index in [0.29, 0.717) is 12.5 Å². The van der Waals surface area contributed by atoms with Gasteiger partial charge in [-0.25, -0.2) is 4.79 Å². The molecule has 5 aliphatic rings. The Morgan fingerprint density at radius 3 is 3.00 bits per heavy atom. The van der Waals surface area contributed by atoms with Gasteiger partial charge in [-0.15, -0.1) is 0 Å². The van der Waals surface area contributed by atoms with E-state index < -0.39 is 11.3 Å². The first kappa shape index (κ1) is 16.9. The maximum atomic E-state index is 13.1. The molecule has 2 N–H and O–H groups in total. The maximum Gasteiger partial charge on any atom is 0.343 e. The van der Waals surface area contributed by atoms with Crippen molar-refractivity contribution in [3.05, 3.63) is 35.9 Å². The second kappa shape index (κ2) is 4.92. The molecule has 6 heteroatoms. The number of nitrogens with one attached hydrogen (secondary N) is 2. The summed E-state index contributed by atoms with van der Waals surface area (Å²) >= 11 is 0. The number of esters is 1. The van der Waals surface area contributed by atoms with Crippen LogP contribution in [0.4, 0.5) is 5.69 Å². The lowest BCUT2D eigenvalue weighted by Gasteiger charge is -2.52. The van der Waals surface area contributed by atoms with E-state index in [0.717, 1.165) is 37.4 Å². The number of anilines is 1. The number of ether oxygens (including phenoxy) is 3. The summed E-state index contributed by atoms with van der Waals surface area (Å²) < 4.78 is 17.3. The lowest BCUT2D eigenvalue weighted by molar-refractivity contribution is -0.919. The van der Waals surface area contributed by atoms with Crippen molar-refractivity contribution in [1.29, 1.82) is 0 Å². The summed E-state index contributed by atoms with van der Waals surface area (Å²) in [5.41, 5.74) is 0.355. The van der Waals surface area contributed by atoms with Crippen LogP contribution in [0.1, 0.15) is 31.7 Å². The number of hydrogen-bond acceptors (Lipinski definition) is 5. The first-order chi connectivity index (χ1) is 13.5. The molecule has 3 unspecified atom stereocenters. The Morgan fingerprint density at radius 1 is 1.39 bits per heavy atom. The van der Waals surface area contributed by atoms with Crippen molar-refractivity contribution >= 4 is 11.7 Å². The molecular weight excluding hydrogens is 356 g/mol. The standard InChI is InChI=1S/C22H26N2O4/c1-4-19-8-5-10-24-11-9-20(17(19)24)15-7-6-14(26-2)12-16(15)23-22(20)21(13-19,28-22)18(25)27-3/h5-8,12,17,23H,4,9-11,13H2,1-3H3/p+1/t17-,19-,20+,21?,22?/m0/s1. The van der Waals surface area contributed by atoms with Crippen LogP contribution in [0.5, 0.6) is 5.75 Å². The zero-order valence-electron chi connectivity index (χ0n) is 16.6. The molecule has 1 aromatic rings. The smallest absolute Gasteiger partial charge is 0.343 e. The number of carbonyl (C=O) groups is 1. The van der Waals surface area contributed by atoms with Gasteiger partial charge >= 0.3 is 5.97 Å². The number of epoxide rings is 1. The Bertz CT molecular complexity index is 931. The summed E-state index contributed by atoms with van der Waals surface area (Å²) in [5, 5.41) is 3.67. The fourth-order valence-electron chi connectivity index (χ4n) is 7.42. The SMILES string of the molecule is CC[C@]12C=CC[NH+]3CC[C@@]4(c5ccc(OC)cc5NC45OC5(C(=O)OC)C1)[C@@H]32. The van der Waals surface area contributed by atoms with Crippen LogP contribution < -0.4 is 15.0 Å². The van der Waals surface area contributed by atoms with Gasteiger partial charge < -0.3 is 24.4 Å². The summed E-state index contributed by atoms with van der Waals surface area (Å²) in [5.74, 6) is 0.562. The van der Waals surface area contributed by atoms with Crippen molar-refractivity contribution in [3.63, 3.8) is 0 Å². The van der Waals surface area contributed by atoms with Gasteiger partial charge in [-0.1, -0.05) is 19.1 Å². The second-order valence-corrected chi connectivity index (χ2v) is 9.07. The zero-order chi connectivity index (χ0) is 19.4. The Hall–Kier alpha value is -2.05. The van der Waals surface area contributed by atoms with Crippen LogP contribution in [-0.4, -0.2) is 50.6 Å². The fourth-order valence-corrected chi connectivity index (χ4v) is 7.42. The molecule has 0 amide bonds. The highest BCUT2D eigenvalue weighted by Crippen LogP contribution is 2.75. The molecule has 3 fully saturated rings. The molecule has 1 saturated carbocycles. The molecule has 0 aromatic heterocycles. The molecular formula is C22H27N2O4+. The van der Waals surface area contributed by atoms with Crippen LogP contribution in [-0.2, 0) is 19.7 Å². The van der Waals surface area contributed by atoms with Gasteiger partial charge in [0, 0.05) is 30.0 Å². The Kier molecular flexibility index (Phi) is 2.96. The first-order valence-corrected chi connectivity index (χ1v) is 10.3. The van der Waals surface area contributed by atoms with E-state index in [4.69, 9.17) is 14.2 Å². The van der Waals surface area contributed by atoms with Gasteiger partial charge in [0.05, 0.1) is 27.3 Å². The molecule has 28 heavy (non-hydrogen) atoms. The van der Waals surface area contributed by atoms with E-state index in [1.807, 2.05) is 12.1 Å². The van der Waals surface area contributed by atoms with Crippen LogP contribution in [0.15, 0.2) is 30.4 Å². The molecule has 6 atom stereocenters. The quantitative estimate of drug-likeness (QED) is 0.464. The summed E-state index contributed by atoms with van der Waals surface area (Å²) in [7, 11) is 3.15. The van der Waals surface area contributed by atoms with Gasteiger partial charge in [-0.05, 0) is 24.1 Å². The van der Waals surface area contributed by atoms with Crippen LogP contribution in [0.3, 0.4) is 0 Å². The minimum absolute atomic E-state index is 0.0680. The largest absolute Gasteiger partial charge is 0.497 e. The molecule has 1 aliphatic carbocycles. The van der Waals surface area contributed by atoms with Gasteiger partial charge in [0.2, 0.25) is 5.60 Å². The van der Waals surface area contributed by atoms with E-state index in [2.05, 4.69) is 30.5 Å². The molecule has 6 rings (SSSR count). The van der Waals surface area contributed by atoms with Crippen LogP contribution in [0.25, 0.3) is 0 Å². The minimum Gasteiger partial charge on any atom is -0.497 e. The van der Waals surface area contributed by atoms with E-state index in [9.17, 15) is 4.79 Å².